The quantitative estimate of drug-likeness (QED) is 0.484. The van der Waals surface area contributed by atoms with Gasteiger partial charge in [0.2, 0.25) is 0 Å². The number of hydrogen-bond donors (Lipinski definition) is 0. The monoisotopic (exact) mass is 146 g/mol. The van der Waals surface area contributed by atoms with Crippen molar-refractivity contribution in [3.63, 3.8) is 0 Å². The van der Waals surface area contributed by atoms with E-state index in [4.69, 9.17) is 0 Å². The Bertz CT molecular complexity index is 266. The van der Waals surface area contributed by atoms with E-state index in [1.54, 1.807) is 0 Å². The normalized spacial score (nSPS) is 12.3. The number of hydrogen-bond acceptors (Lipinski definition) is 0. The van der Waals surface area contributed by atoms with Gasteiger partial charge in [0.05, 0.1) is 0 Å². The molecule has 54 valence electrons. The first-order chi connectivity index (χ1) is 4.97. The van der Waals surface area contributed by atoms with Gasteiger partial charge < -0.3 is 0 Å². The van der Waals surface area contributed by atoms with Gasteiger partial charge in [0.15, 0.2) is 0 Å². The molecule has 0 heterocycles. The van der Waals surface area contributed by atoms with Crippen molar-refractivity contribution < 1.29 is 0 Å². The fraction of sp³-hybridized carbons (Fsp3) is 0.200. The molecule has 1 aliphatic carbocycles. The Balaban J connectivity index is 0.000000605. The molecule has 12 heavy (non-hydrogen) atoms. The molecule has 1 aromatic rings. The van der Waals surface area contributed by atoms with Crippen molar-refractivity contribution in [1.82, 2.24) is 0 Å². The maximum absolute atomic E-state index is 2.24. The van der Waals surface area contributed by atoms with Gasteiger partial charge in [-0.25, -0.2) is 0 Å². The van der Waals surface area contributed by atoms with Crippen molar-refractivity contribution in [3.8, 4) is 0 Å². The molecule has 0 spiro atoms. The van der Waals surface area contributed by atoms with Gasteiger partial charge in [0.1, 0.15) is 0 Å². The van der Waals surface area contributed by atoms with Crippen LogP contribution in [0.25, 0.3) is 6.08 Å². The summed E-state index contributed by atoms with van der Waals surface area (Å²) in [5.41, 5.74) is 2.89. The third-order valence-electron chi connectivity index (χ3n) is 1.93. The summed E-state index contributed by atoms with van der Waals surface area (Å²) in [4.78, 5) is 0. The van der Waals surface area contributed by atoms with Crippen LogP contribution in [0.5, 0.6) is 0 Å². The zero-order chi connectivity index (χ0) is 6.81. The maximum atomic E-state index is 2.24. The molecule has 0 nitrogen and oxygen atoms in total. The molecule has 1 aliphatic rings. The number of rotatable bonds is 0. The van der Waals surface area contributed by atoms with E-state index in [0.717, 1.165) is 0 Å². The van der Waals surface area contributed by atoms with Crippen molar-refractivity contribution in [2.45, 2.75) is 12.8 Å². The van der Waals surface area contributed by atoms with E-state index in [1.807, 2.05) is 0 Å². The molecule has 0 amide bonds. The molecule has 0 aliphatic heterocycles. The van der Waals surface area contributed by atoms with Gasteiger partial charge in [0.25, 0.3) is 0 Å². The van der Waals surface area contributed by atoms with Gasteiger partial charge >= 0.3 is 37.7 Å². The molecular formula is C10H12Li2. The third-order valence-corrected chi connectivity index (χ3v) is 1.93. The molecule has 0 atom stereocenters. The Morgan fingerprint density at radius 3 is 2.50 bits per heavy atom. The van der Waals surface area contributed by atoms with Gasteiger partial charge in [-0.2, -0.15) is 0 Å². The van der Waals surface area contributed by atoms with Gasteiger partial charge in [-0.15, -0.1) is 0 Å². The molecule has 0 radical (unpaired) electrons. The van der Waals surface area contributed by atoms with Crippen LogP contribution in [0.1, 0.15) is 17.5 Å². The average molecular weight is 146 g/mol. The molecule has 0 saturated heterocycles. The van der Waals surface area contributed by atoms with Gasteiger partial charge in [-0.05, 0) is 24.0 Å². The summed E-state index contributed by atoms with van der Waals surface area (Å²) in [6.45, 7) is 0. The van der Waals surface area contributed by atoms with Crippen molar-refractivity contribution >= 4 is 43.8 Å². The van der Waals surface area contributed by atoms with Crippen molar-refractivity contribution in [1.29, 1.82) is 0 Å². The van der Waals surface area contributed by atoms with Crippen molar-refractivity contribution in [2.75, 3.05) is 0 Å². The fourth-order valence-corrected chi connectivity index (χ4v) is 1.37. The van der Waals surface area contributed by atoms with E-state index >= 15 is 0 Å². The number of benzene rings is 1. The predicted octanol–water partition coefficient (Wildman–Crippen LogP) is 1.35. The summed E-state index contributed by atoms with van der Waals surface area (Å²) in [7, 11) is 0. The number of fused-ring (bicyclic) bond motifs is 1. The number of allylic oxidation sites excluding steroid dienone is 1. The molecule has 0 bridgehead atoms. The first-order valence-electron chi connectivity index (χ1n) is 3.71. The van der Waals surface area contributed by atoms with Gasteiger partial charge in [-0.1, -0.05) is 36.4 Å². The Kier molecular flexibility index (Phi) is 5.82. The van der Waals surface area contributed by atoms with E-state index in [-0.39, 0.29) is 37.7 Å². The minimum atomic E-state index is 0. The Morgan fingerprint density at radius 1 is 1.00 bits per heavy atom. The molecule has 2 heteroatoms. The number of aryl methyl sites for hydroxylation is 1. The van der Waals surface area contributed by atoms with E-state index in [0.29, 0.717) is 0 Å². The first-order valence-corrected chi connectivity index (χ1v) is 3.71. The third kappa shape index (κ3) is 2.58. The summed E-state index contributed by atoms with van der Waals surface area (Å²) in [6.07, 6.45) is 6.87. The standard InChI is InChI=1S/C10H10.2Li.2H/c1-2-6-10-8-4-3-7-9(10)5-1;;;;/h1-3,5-7H,4,8H2;;;;. The Morgan fingerprint density at radius 2 is 1.75 bits per heavy atom. The van der Waals surface area contributed by atoms with Crippen LogP contribution in [0.4, 0.5) is 0 Å². The minimum absolute atomic E-state index is 0. The van der Waals surface area contributed by atoms with Crippen LogP contribution in [0.3, 0.4) is 0 Å². The Hall–Kier alpha value is 0.155. The Labute approximate surface area is 97.8 Å². The SMILES string of the molecule is C1=Cc2ccccc2CC1.[LiH].[LiH]. The first kappa shape index (κ1) is 12.2. The van der Waals surface area contributed by atoms with Crippen LogP contribution >= 0.6 is 0 Å². The molecule has 0 N–H and O–H groups in total. The van der Waals surface area contributed by atoms with Crippen LogP contribution in [-0.4, -0.2) is 37.7 Å². The fourth-order valence-electron chi connectivity index (χ4n) is 1.37. The zero-order valence-corrected chi connectivity index (χ0v) is 5.88. The summed E-state index contributed by atoms with van der Waals surface area (Å²) in [6, 6.07) is 8.58. The molecule has 0 unspecified atom stereocenters. The molecule has 0 saturated carbocycles. The molecule has 2 rings (SSSR count). The van der Waals surface area contributed by atoms with E-state index in [2.05, 4.69) is 36.4 Å². The van der Waals surface area contributed by atoms with Crippen molar-refractivity contribution in [3.05, 3.63) is 41.5 Å². The van der Waals surface area contributed by atoms with Crippen molar-refractivity contribution in [2.24, 2.45) is 0 Å². The van der Waals surface area contributed by atoms with Crippen LogP contribution in [-0.2, 0) is 6.42 Å². The van der Waals surface area contributed by atoms with E-state index < -0.39 is 0 Å². The van der Waals surface area contributed by atoms with Gasteiger partial charge in [-0.3, -0.25) is 0 Å². The second-order valence-electron chi connectivity index (χ2n) is 2.64. The van der Waals surface area contributed by atoms with Crippen LogP contribution in [0.2, 0.25) is 0 Å². The second-order valence-corrected chi connectivity index (χ2v) is 2.64. The van der Waals surface area contributed by atoms with Crippen LogP contribution in [0, 0.1) is 0 Å². The van der Waals surface area contributed by atoms with Crippen LogP contribution < -0.4 is 0 Å². The van der Waals surface area contributed by atoms with Crippen LogP contribution in [0.15, 0.2) is 30.3 Å². The summed E-state index contributed by atoms with van der Waals surface area (Å²) in [5.74, 6) is 0. The predicted molar refractivity (Wildman–Crippen MR) is 58.1 cm³/mol. The van der Waals surface area contributed by atoms with E-state index in [9.17, 15) is 0 Å². The molecule has 0 fully saturated rings. The summed E-state index contributed by atoms with van der Waals surface area (Å²) < 4.78 is 0. The second kappa shape index (κ2) is 5.74. The zero-order valence-electron chi connectivity index (χ0n) is 5.88. The summed E-state index contributed by atoms with van der Waals surface area (Å²) >= 11 is 0. The molecule has 1 aromatic carbocycles. The molecular weight excluding hydrogens is 134 g/mol. The topological polar surface area (TPSA) is 0 Å². The van der Waals surface area contributed by atoms with E-state index in [1.165, 1.54) is 24.0 Å². The van der Waals surface area contributed by atoms with Gasteiger partial charge in [0, 0.05) is 0 Å². The summed E-state index contributed by atoms with van der Waals surface area (Å²) in [5, 5.41) is 0. The average Bonchev–Trinajstić information content (AvgIpc) is 2.05. The molecule has 0 aromatic heterocycles.